The van der Waals surface area contributed by atoms with Crippen LogP contribution in [0.1, 0.15) is 16.7 Å². The number of nitrogens with one attached hydrogen (secondary N) is 1. The Hall–Kier alpha value is -1.86. The molecule has 2 aromatic rings. The van der Waals surface area contributed by atoms with Crippen molar-refractivity contribution in [2.45, 2.75) is 13.8 Å². The third-order valence-electron chi connectivity index (χ3n) is 2.84. The van der Waals surface area contributed by atoms with Crippen LogP contribution in [0.3, 0.4) is 0 Å². The van der Waals surface area contributed by atoms with Gasteiger partial charge in [0.25, 0.3) is 0 Å². The molecule has 0 saturated carbocycles. The number of hydrogen-bond donors (Lipinski definition) is 1. The Balaban J connectivity index is 2.43. The predicted octanol–water partition coefficient (Wildman–Crippen LogP) is 4.82. The molecule has 19 heavy (non-hydrogen) atoms. The van der Waals surface area contributed by atoms with Gasteiger partial charge in [0.1, 0.15) is 17.4 Å². The summed E-state index contributed by atoms with van der Waals surface area (Å²) in [7, 11) is 0. The summed E-state index contributed by atoms with van der Waals surface area (Å²) in [6.45, 7) is 3.97. The first-order valence-electron chi connectivity index (χ1n) is 5.75. The average Bonchev–Trinajstić information content (AvgIpc) is 2.36. The van der Waals surface area contributed by atoms with E-state index in [1.54, 1.807) is 12.1 Å². The van der Waals surface area contributed by atoms with Gasteiger partial charge in [-0.2, -0.15) is 5.26 Å². The molecule has 0 bridgehead atoms. The van der Waals surface area contributed by atoms with Crippen molar-refractivity contribution in [3.05, 3.63) is 57.3 Å². The van der Waals surface area contributed by atoms with E-state index in [0.29, 0.717) is 5.69 Å². The van der Waals surface area contributed by atoms with Crippen LogP contribution < -0.4 is 5.32 Å². The smallest absolute Gasteiger partial charge is 0.143 e. The molecule has 2 rings (SSSR count). The van der Waals surface area contributed by atoms with Crippen LogP contribution in [-0.4, -0.2) is 0 Å². The molecule has 0 aromatic heterocycles. The summed E-state index contributed by atoms with van der Waals surface area (Å²) in [5.41, 5.74) is 3.50. The van der Waals surface area contributed by atoms with E-state index in [0.717, 1.165) is 21.3 Å². The molecule has 96 valence electrons. The molecule has 2 nitrogen and oxygen atoms in total. The molecule has 0 saturated heterocycles. The van der Waals surface area contributed by atoms with Crippen LogP contribution in [-0.2, 0) is 0 Å². The number of nitriles is 1. The van der Waals surface area contributed by atoms with Crippen LogP contribution in [0.15, 0.2) is 34.8 Å². The Morgan fingerprint density at radius 2 is 1.84 bits per heavy atom. The number of nitrogens with zero attached hydrogens (tertiary/aromatic N) is 1. The number of hydrogen-bond acceptors (Lipinski definition) is 2. The van der Waals surface area contributed by atoms with Gasteiger partial charge in [0.15, 0.2) is 0 Å². The molecule has 0 radical (unpaired) electrons. The van der Waals surface area contributed by atoms with E-state index in [1.165, 1.54) is 6.07 Å². The van der Waals surface area contributed by atoms with Crippen molar-refractivity contribution in [2.75, 3.05) is 5.32 Å². The Kier molecular flexibility index (Phi) is 3.87. The second-order valence-corrected chi connectivity index (χ2v) is 5.12. The molecule has 0 amide bonds. The fourth-order valence-corrected chi connectivity index (χ4v) is 2.14. The Morgan fingerprint density at radius 3 is 2.42 bits per heavy atom. The van der Waals surface area contributed by atoms with E-state index in [1.807, 2.05) is 32.0 Å². The summed E-state index contributed by atoms with van der Waals surface area (Å²) in [5, 5.41) is 12.1. The zero-order valence-corrected chi connectivity index (χ0v) is 12.2. The minimum Gasteiger partial charge on any atom is -0.354 e. The number of rotatable bonds is 2. The van der Waals surface area contributed by atoms with Crippen LogP contribution in [0.25, 0.3) is 0 Å². The summed E-state index contributed by atoms with van der Waals surface area (Å²) in [6, 6.07) is 10.3. The molecule has 0 aliphatic heterocycles. The van der Waals surface area contributed by atoms with Gasteiger partial charge in [-0.05, 0) is 49.2 Å². The third-order valence-corrected chi connectivity index (χ3v) is 4.09. The number of benzene rings is 2. The first-order valence-corrected chi connectivity index (χ1v) is 6.54. The lowest BCUT2D eigenvalue weighted by Gasteiger charge is -2.12. The highest BCUT2D eigenvalue weighted by Crippen LogP contribution is 2.28. The molecule has 4 heteroatoms. The molecule has 0 aliphatic rings. The van der Waals surface area contributed by atoms with E-state index in [9.17, 15) is 4.39 Å². The maximum atomic E-state index is 13.5. The molecule has 0 atom stereocenters. The van der Waals surface area contributed by atoms with Crippen LogP contribution >= 0.6 is 15.9 Å². The van der Waals surface area contributed by atoms with E-state index >= 15 is 0 Å². The largest absolute Gasteiger partial charge is 0.354 e. The second-order valence-electron chi connectivity index (χ2n) is 4.32. The van der Waals surface area contributed by atoms with Crippen molar-refractivity contribution in [2.24, 2.45) is 0 Å². The van der Waals surface area contributed by atoms with Gasteiger partial charge < -0.3 is 5.32 Å². The summed E-state index contributed by atoms with van der Waals surface area (Å²) in [4.78, 5) is 0. The highest BCUT2D eigenvalue weighted by molar-refractivity contribution is 9.10. The Labute approximate surface area is 120 Å². The lowest BCUT2D eigenvalue weighted by Crippen LogP contribution is -1.97. The first-order chi connectivity index (χ1) is 9.02. The van der Waals surface area contributed by atoms with Crippen molar-refractivity contribution in [3.63, 3.8) is 0 Å². The quantitative estimate of drug-likeness (QED) is 0.861. The molecule has 0 spiro atoms. The number of halogens is 2. The second kappa shape index (κ2) is 5.41. The SMILES string of the molecule is Cc1cc(Nc2cccc(F)c2C#N)cc(C)c1Br. The van der Waals surface area contributed by atoms with E-state index < -0.39 is 5.82 Å². The Bertz CT molecular complexity index is 651. The summed E-state index contributed by atoms with van der Waals surface area (Å²) in [5.74, 6) is -0.516. The fourth-order valence-electron chi connectivity index (χ4n) is 1.92. The van der Waals surface area contributed by atoms with E-state index in [-0.39, 0.29) is 5.56 Å². The Morgan fingerprint density at radius 1 is 1.21 bits per heavy atom. The minimum atomic E-state index is -0.516. The molecule has 0 fully saturated rings. The van der Waals surface area contributed by atoms with Crippen LogP contribution in [0.2, 0.25) is 0 Å². The fraction of sp³-hybridized carbons (Fsp3) is 0.133. The van der Waals surface area contributed by atoms with Crippen molar-refractivity contribution in [3.8, 4) is 6.07 Å². The van der Waals surface area contributed by atoms with Gasteiger partial charge in [0.05, 0.1) is 5.69 Å². The lowest BCUT2D eigenvalue weighted by molar-refractivity contribution is 0.624. The maximum Gasteiger partial charge on any atom is 0.143 e. The first kappa shape index (κ1) is 13.6. The monoisotopic (exact) mass is 318 g/mol. The summed E-state index contributed by atoms with van der Waals surface area (Å²) >= 11 is 3.50. The van der Waals surface area contributed by atoms with E-state index in [2.05, 4.69) is 21.2 Å². The predicted molar refractivity (Wildman–Crippen MR) is 78.0 cm³/mol. The van der Waals surface area contributed by atoms with Gasteiger partial charge in [0.2, 0.25) is 0 Å². The maximum absolute atomic E-state index is 13.5. The molecule has 0 heterocycles. The van der Waals surface area contributed by atoms with Crippen LogP contribution in [0, 0.1) is 31.0 Å². The van der Waals surface area contributed by atoms with Gasteiger partial charge in [-0.15, -0.1) is 0 Å². The van der Waals surface area contributed by atoms with Crippen molar-refractivity contribution in [1.82, 2.24) is 0 Å². The lowest BCUT2D eigenvalue weighted by atomic mass is 10.1. The number of aryl methyl sites for hydroxylation is 2. The molecular weight excluding hydrogens is 307 g/mol. The summed E-state index contributed by atoms with van der Waals surface area (Å²) in [6.07, 6.45) is 0. The summed E-state index contributed by atoms with van der Waals surface area (Å²) < 4.78 is 14.6. The zero-order valence-electron chi connectivity index (χ0n) is 10.6. The standard InChI is InChI=1S/C15H12BrFN2/c1-9-6-11(7-10(2)15(9)16)19-14-5-3-4-13(17)12(14)8-18/h3-7,19H,1-2H3. The normalized spacial score (nSPS) is 10.1. The van der Waals surface area contributed by atoms with Gasteiger partial charge in [0, 0.05) is 10.2 Å². The van der Waals surface area contributed by atoms with Crippen molar-refractivity contribution < 1.29 is 4.39 Å². The van der Waals surface area contributed by atoms with Gasteiger partial charge in [-0.25, -0.2) is 4.39 Å². The topological polar surface area (TPSA) is 35.8 Å². The third kappa shape index (κ3) is 2.77. The van der Waals surface area contributed by atoms with Gasteiger partial charge in [-0.3, -0.25) is 0 Å². The van der Waals surface area contributed by atoms with Gasteiger partial charge >= 0.3 is 0 Å². The van der Waals surface area contributed by atoms with Crippen molar-refractivity contribution in [1.29, 1.82) is 5.26 Å². The zero-order chi connectivity index (χ0) is 14.0. The minimum absolute atomic E-state index is 0.0284. The van der Waals surface area contributed by atoms with Crippen LogP contribution in [0.5, 0.6) is 0 Å². The average molecular weight is 319 g/mol. The van der Waals surface area contributed by atoms with Crippen molar-refractivity contribution >= 4 is 27.3 Å². The number of anilines is 2. The molecule has 2 aromatic carbocycles. The van der Waals surface area contributed by atoms with Crippen LogP contribution in [0.4, 0.5) is 15.8 Å². The molecule has 0 aliphatic carbocycles. The highest BCUT2D eigenvalue weighted by atomic mass is 79.9. The molecular formula is C15H12BrFN2. The molecule has 0 unspecified atom stereocenters. The highest BCUT2D eigenvalue weighted by Gasteiger charge is 2.09. The van der Waals surface area contributed by atoms with E-state index in [4.69, 9.17) is 5.26 Å². The molecule has 1 N–H and O–H groups in total. The van der Waals surface area contributed by atoms with Gasteiger partial charge in [-0.1, -0.05) is 22.0 Å².